The molecule has 0 saturated carbocycles. The number of amides is 2. The summed E-state index contributed by atoms with van der Waals surface area (Å²) in [7, 11) is 0. The number of carboxylic acids is 1. The van der Waals surface area contributed by atoms with E-state index in [0.717, 1.165) is 0 Å². The maximum Gasteiger partial charge on any atom is 0.326 e. The summed E-state index contributed by atoms with van der Waals surface area (Å²) in [6, 6.07) is 2.07. The zero-order valence-electron chi connectivity index (χ0n) is 11.3. The maximum absolute atomic E-state index is 11.8. The number of urea groups is 1. The molecule has 0 heterocycles. The summed E-state index contributed by atoms with van der Waals surface area (Å²) < 4.78 is 0.444. The maximum atomic E-state index is 11.8. The van der Waals surface area contributed by atoms with E-state index in [1.807, 2.05) is 0 Å². The second-order valence-corrected chi connectivity index (χ2v) is 5.43. The van der Waals surface area contributed by atoms with Crippen molar-refractivity contribution in [1.82, 2.24) is 5.32 Å². The number of nitro benzene ring substituents is 1. The zero-order chi connectivity index (χ0) is 16.2. The van der Waals surface area contributed by atoms with Crippen molar-refractivity contribution in [3.8, 4) is 0 Å². The van der Waals surface area contributed by atoms with E-state index in [4.69, 9.17) is 5.11 Å². The molecule has 9 heteroatoms. The van der Waals surface area contributed by atoms with Gasteiger partial charge in [-0.05, 0) is 27.9 Å². The Morgan fingerprint density at radius 1 is 1.38 bits per heavy atom. The van der Waals surface area contributed by atoms with Gasteiger partial charge in [0.25, 0.3) is 5.69 Å². The van der Waals surface area contributed by atoms with Crippen molar-refractivity contribution >= 4 is 39.3 Å². The van der Waals surface area contributed by atoms with Crippen LogP contribution < -0.4 is 10.6 Å². The highest BCUT2D eigenvalue weighted by atomic mass is 79.9. The highest BCUT2D eigenvalue weighted by Crippen LogP contribution is 2.27. The first-order chi connectivity index (χ1) is 9.72. The molecule has 0 aliphatic heterocycles. The van der Waals surface area contributed by atoms with Crippen LogP contribution in [-0.2, 0) is 4.79 Å². The van der Waals surface area contributed by atoms with Gasteiger partial charge in [-0.15, -0.1) is 0 Å². The third kappa shape index (κ3) is 4.71. The van der Waals surface area contributed by atoms with E-state index in [-0.39, 0.29) is 17.3 Å². The number of hydrogen-bond donors (Lipinski definition) is 3. The summed E-state index contributed by atoms with van der Waals surface area (Å²) in [6.07, 6.45) is 0. The number of anilines is 1. The van der Waals surface area contributed by atoms with Gasteiger partial charge in [-0.2, -0.15) is 0 Å². The van der Waals surface area contributed by atoms with Crippen LogP contribution in [0.2, 0.25) is 0 Å². The van der Waals surface area contributed by atoms with Gasteiger partial charge in [0.05, 0.1) is 10.6 Å². The molecular weight excluding hydrogens is 346 g/mol. The summed E-state index contributed by atoms with van der Waals surface area (Å²) in [6.45, 7) is 3.31. The quantitative estimate of drug-likeness (QED) is 0.550. The van der Waals surface area contributed by atoms with Gasteiger partial charge in [-0.1, -0.05) is 13.8 Å². The number of nitrogens with zero attached hydrogens (tertiary/aromatic N) is 1. The number of carbonyl (C=O) groups is 2. The van der Waals surface area contributed by atoms with Crippen molar-refractivity contribution in [3.05, 3.63) is 32.8 Å². The fourth-order valence-electron chi connectivity index (χ4n) is 1.54. The van der Waals surface area contributed by atoms with Crippen molar-refractivity contribution in [2.45, 2.75) is 19.9 Å². The van der Waals surface area contributed by atoms with Gasteiger partial charge in [0, 0.05) is 16.6 Å². The Morgan fingerprint density at radius 2 is 2.00 bits per heavy atom. The van der Waals surface area contributed by atoms with Crippen LogP contribution in [-0.4, -0.2) is 28.1 Å². The van der Waals surface area contributed by atoms with Crippen molar-refractivity contribution < 1.29 is 19.6 Å². The number of rotatable bonds is 5. The van der Waals surface area contributed by atoms with Gasteiger partial charge >= 0.3 is 12.0 Å². The number of nitrogens with one attached hydrogen (secondary N) is 2. The molecule has 21 heavy (non-hydrogen) atoms. The van der Waals surface area contributed by atoms with Crippen LogP contribution >= 0.6 is 15.9 Å². The zero-order valence-corrected chi connectivity index (χ0v) is 12.9. The minimum atomic E-state index is -1.15. The van der Waals surface area contributed by atoms with Crippen LogP contribution in [0.25, 0.3) is 0 Å². The largest absolute Gasteiger partial charge is 0.480 e. The standard InChI is InChI=1S/C12H14BrN3O5/c1-6(2)10(11(17)18)15-12(19)14-9-5-7(16(20)21)3-4-8(9)13/h3-6,10H,1-2H3,(H,17,18)(H2,14,15,19)/t10-/m0/s1. The Kier molecular flexibility index (Phi) is 5.65. The molecule has 8 nitrogen and oxygen atoms in total. The Bertz CT molecular complexity index is 576. The second-order valence-electron chi connectivity index (χ2n) is 4.58. The highest BCUT2D eigenvalue weighted by molar-refractivity contribution is 9.10. The smallest absolute Gasteiger partial charge is 0.326 e. The fraction of sp³-hybridized carbons (Fsp3) is 0.333. The van der Waals surface area contributed by atoms with E-state index < -0.39 is 23.0 Å². The van der Waals surface area contributed by atoms with Crippen LogP contribution in [0.15, 0.2) is 22.7 Å². The van der Waals surface area contributed by atoms with Crippen molar-refractivity contribution in [3.63, 3.8) is 0 Å². The fourth-order valence-corrected chi connectivity index (χ4v) is 1.88. The predicted octanol–water partition coefficient (Wildman–Crippen LogP) is 2.59. The Morgan fingerprint density at radius 3 is 2.48 bits per heavy atom. The van der Waals surface area contributed by atoms with E-state index in [2.05, 4.69) is 26.6 Å². The molecule has 0 aliphatic carbocycles. The Balaban J connectivity index is 2.85. The van der Waals surface area contributed by atoms with E-state index in [1.54, 1.807) is 13.8 Å². The van der Waals surface area contributed by atoms with Crippen LogP contribution in [0.1, 0.15) is 13.8 Å². The van der Waals surface area contributed by atoms with Gasteiger partial charge in [0.15, 0.2) is 0 Å². The molecule has 1 atom stereocenters. The predicted molar refractivity (Wildman–Crippen MR) is 79.2 cm³/mol. The minimum Gasteiger partial charge on any atom is -0.480 e. The second kappa shape index (κ2) is 7.02. The number of carboxylic acid groups (broad SMARTS) is 1. The summed E-state index contributed by atoms with van der Waals surface area (Å²) in [5, 5.41) is 24.4. The molecule has 114 valence electrons. The van der Waals surface area contributed by atoms with Gasteiger partial charge < -0.3 is 15.7 Å². The molecule has 0 unspecified atom stereocenters. The molecule has 0 aliphatic rings. The number of aliphatic carboxylic acids is 1. The van der Waals surface area contributed by atoms with Crippen LogP contribution in [0.3, 0.4) is 0 Å². The number of hydrogen-bond acceptors (Lipinski definition) is 4. The van der Waals surface area contributed by atoms with Gasteiger partial charge in [-0.3, -0.25) is 10.1 Å². The molecule has 0 fully saturated rings. The Hall–Kier alpha value is -2.16. The van der Waals surface area contributed by atoms with Crippen molar-refractivity contribution in [1.29, 1.82) is 0 Å². The van der Waals surface area contributed by atoms with E-state index >= 15 is 0 Å². The summed E-state index contributed by atoms with van der Waals surface area (Å²) in [5.74, 6) is -1.46. The van der Waals surface area contributed by atoms with Crippen LogP contribution in [0.5, 0.6) is 0 Å². The van der Waals surface area contributed by atoms with Gasteiger partial charge in [0.2, 0.25) is 0 Å². The molecule has 3 N–H and O–H groups in total. The molecule has 0 radical (unpaired) electrons. The van der Waals surface area contributed by atoms with Crippen molar-refractivity contribution in [2.75, 3.05) is 5.32 Å². The van der Waals surface area contributed by atoms with Crippen LogP contribution in [0.4, 0.5) is 16.2 Å². The summed E-state index contributed by atoms with van der Waals surface area (Å²) in [5.41, 5.74) is -0.0123. The minimum absolute atomic E-state index is 0.176. The summed E-state index contributed by atoms with van der Waals surface area (Å²) >= 11 is 3.15. The SMILES string of the molecule is CC(C)[C@H](NC(=O)Nc1cc([N+](=O)[O-])ccc1Br)C(=O)O. The number of nitro groups is 1. The van der Waals surface area contributed by atoms with E-state index in [0.29, 0.717) is 4.47 Å². The molecule has 0 saturated heterocycles. The molecule has 1 aromatic rings. The average molecular weight is 360 g/mol. The number of benzene rings is 1. The highest BCUT2D eigenvalue weighted by Gasteiger charge is 2.23. The van der Waals surface area contributed by atoms with E-state index in [9.17, 15) is 19.7 Å². The van der Waals surface area contributed by atoms with Crippen LogP contribution in [0, 0.1) is 16.0 Å². The first kappa shape index (κ1) is 16.9. The van der Waals surface area contributed by atoms with Gasteiger partial charge in [-0.25, -0.2) is 9.59 Å². The molecular formula is C12H14BrN3O5. The molecule has 1 rings (SSSR count). The summed E-state index contributed by atoms with van der Waals surface area (Å²) in [4.78, 5) is 32.9. The third-order valence-electron chi connectivity index (χ3n) is 2.63. The molecule has 0 aromatic heterocycles. The lowest BCUT2D eigenvalue weighted by atomic mass is 10.1. The lowest BCUT2D eigenvalue weighted by molar-refractivity contribution is -0.384. The topological polar surface area (TPSA) is 122 Å². The Labute approximate surface area is 128 Å². The number of halogens is 1. The molecule has 0 spiro atoms. The van der Waals surface area contributed by atoms with Gasteiger partial charge in [0.1, 0.15) is 6.04 Å². The molecule has 2 amide bonds. The first-order valence-corrected chi connectivity index (χ1v) is 6.76. The molecule has 1 aromatic carbocycles. The number of carbonyl (C=O) groups excluding carboxylic acids is 1. The average Bonchev–Trinajstić information content (AvgIpc) is 2.37. The van der Waals surface area contributed by atoms with E-state index in [1.165, 1.54) is 18.2 Å². The lowest BCUT2D eigenvalue weighted by Gasteiger charge is -2.18. The lowest BCUT2D eigenvalue weighted by Crippen LogP contribution is -2.46. The third-order valence-corrected chi connectivity index (χ3v) is 3.32. The normalized spacial score (nSPS) is 11.8. The first-order valence-electron chi connectivity index (χ1n) is 5.96. The van der Waals surface area contributed by atoms with Crippen molar-refractivity contribution in [2.24, 2.45) is 5.92 Å². The number of non-ortho nitro benzene ring substituents is 1. The monoisotopic (exact) mass is 359 g/mol. The molecule has 0 bridgehead atoms.